The Balaban J connectivity index is 2.23. The highest BCUT2D eigenvalue weighted by Crippen LogP contribution is 2.19. The fraction of sp³-hybridized carbons (Fsp3) is 0.0769. The summed E-state index contributed by atoms with van der Waals surface area (Å²) in [5.41, 5.74) is -0.0888. The molecule has 6 nitrogen and oxygen atoms in total. The Bertz CT molecular complexity index is 825. The molecule has 22 heavy (non-hydrogen) atoms. The van der Waals surface area contributed by atoms with Crippen LogP contribution in [0.5, 0.6) is 0 Å². The van der Waals surface area contributed by atoms with Crippen molar-refractivity contribution >= 4 is 15.7 Å². The molecule has 0 radical (unpaired) electrons. The third-order valence-electron chi connectivity index (χ3n) is 2.84. The van der Waals surface area contributed by atoms with Gasteiger partial charge in [0.25, 0.3) is 5.69 Å². The number of nitrogens with one attached hydrogen (secondary N) is 1. The highest BCUT2D eigenvalue weighted by atomic mass is 32.2. The molecule has 1 N–H and O–H groups in total. The summed E-state index contributed by atoms with van der Waals surface area (Å²) in [5.74, 6) is -2.47. The molecular formula is C13H10F2N2O4S. The smallest absolute Gasteiger partial charge is 0.258 e. The minimum absolute atomic E-state index is 0.152. The molecule has 2 aromatic rings. The number of nitrogens with zero attached hydrogens (tertiary/aromatic N) is 1. The van der Waals surface area contributed by atoms with Crippen LogP contribution >= 0.6 is 0 Å². The van der Waals surface area contributed by atoms with Gasteiger partial charge < -0.3 is 0 Å². The molecule has 0 amide bonds. The highest BCUT2D eigenvalue weighted by Gasteiger charge is 2.19. The maximum Gasteiger partial charge on any atom is 0.273 e. The van der Waals surface area contributed by atoms with Crippen LogP contribution in [0.3, 0.4) is 0 Å². The van der Waals surface area contributed by atoms with E-state index in [-0.39, 0.29) is 17.8 Å². The molecule has 9 heteroatoms. The van der Waals surface area contributed by atoms with Crippen LogP contribution in [-0.2, 0) is 16.6 Å². The lowest BCUT2D eigenvalue weighted by Crippen LogP contribution is -2.23. The summed E-state index contributed by atoms with van der Waals surface area (Å²) in [4.78, 5) is 9.73. The van der Waals surface area contributed by atoms with Crippen molar-refractivity contribution in [2.45, 2.75) is 11.4 Å². The molecule has 0 aliphatic heterocycles. The van der Waals surface area contributed by atoms with Gasteiger partial charge in [-0.15, -0.1) is 0 Å². The third kappa shape index (κ3) is 3.43. The first-order valence-corrected chi connectivity index (χ1v) is 7.46. The van der Waals surface area contributed by atoms with Crippen molar-refractivity contribution in [1.82, 2.24) is 4.72 Å². The maximum atomic E-state index is 13.1. The van der Waals surface area contributed by atoms with Gasteiger partial charge in [0, 0.05) is 18.2 Å². The zero-order valence-corrected chi connectivity index (χ0v) is 11.8. The number of halogens is 2. The van der Waals surface area contributed by atoms with Crippen LogP contribution in [0.4, 0.5) is 14.5 Å². The van der Waals surface area contributed by atoms with E-state index in [2.05, 4.69) is 4.72 Å². The van der Waals surface area contributed by atoms with Crippen molar-refractivity contribution in [3.05, 3.63) is 69.8 Å². The Morgan fingerprint density at radius 2 is 1.77 bits per heavy atom. The summed E-state index contributed by atoms with van der Waals surface area (Å²) in [7, 11) is -4.12. The molecular weight excluding hydrogens is 318 g/mol. The second-order valence-corrected chi connectivity index (χ2v) is 6.05. The second kappa shape index (κ2) is 6.16. The van der Waals surface area contributed by atoms with E-state index in [9.17, 15) is 27.3 Å². The average molecular weight is 328 g/mol. The molecule has 0 saturated heterocycles. The topological polar surface area (TPSA) is 89.3 Å². The van der Waals surface area contributed by atoms with E-state index >= 15 is 0 Å². The van der Waals surface area contributed by atoms with Gasteiger partial charge >= 0.3 is 0 Å². The van der Waals surface area contributed by atoms with Gasteiger partial charge in [0.05, 0.1) is 9.82 Å². The Labute approximate surface area is 124 Å². The molecule has 2 rings (SSSR count). The van der Waals surface area contributed by atoms with Crippen molar-refractivity contribution in [2.75, 3.05) is 0 Å². The van der Waals surface area contributed by atoms with Crippen molar-refractivity contribution in [1.29, 1.82) is 0 Å². The number of benzene rings is 2. The summed E-state index contributed by atoms with van der Waals surface area (Å²) in [6.07, 6.45) is 0. The van der Waals surface area contributed by atoms with Crippen molar-refractivity contribution in [2.24, 2.45) is 0 Å². The van der Waals surface area contributed by atoms with E-state index in [0.717, 1.165) is 6.07 Å². The van der Waals surface area contributed by atoms with Crippen molar-refractivity contribution in [3.63, 3.8) is 0 Å². The molecule has 0 unspecified atom stereocenters. The standard InChI is InChI=1S/C13H10F2N2O4S/c14-11-6-5-10(7-12(11)15)22(20,21)16-8-9-3-1-2-4-13(9)17(18)19/h1-7,16H,8H2. The van der Waals surface area contributed by atoms with Crippen LogP contribution in [0.25, 0.3) is 0 Å². The Morgan fingerprint density at radius 3 is 2.41 bits per heavy atom. The summed E-state index contributed by atoms with van der Waals surface area (Å²) < 4.78 is 52.0. The molecule has 0 heterocycles. The van der Waals surface area contributed by atoms with E-state index in [4.69, 9.17) is 0 Å². The predicted octanol–water partition coefficient (Wildman–Crippen LogP) is 2.35. The van der Waals surface area contributed by atoms with Gasteiger partial charge in [0.2, 0.25) is 10.0 Å². The average Bonchev–Trinajstić information content (AvgIpc) is 2.48. The molecule has 0 spiro atoms. The zero-order valence-electron chi connectivity index (χ0n) is 11.0. The van der Waals surface area contributed by atoms with Crippen LogP contribution in [0, 0.1) is 21.7 Å². The van der Waals surface area contributed by atoms with E-state index in [1.54, 1.807) is 0 Å². The number of sulfonamides is 1. The van der Waals surface area contributed by atoms with E-state index in [1.807, 2.05) is 0 Å². The summed E-state index contributed by atoms with van der Waals surface area (Å²) in [6, 6.07) is 7.73. The number of hydrogen-bond acceptors (Lipinski definition) is 4. The first kappa shape index (κ1) is 16.0. The summed E-state index contributed by atoms with van der Waals surface area (Å²) in [5, 5.41) is 10.8. The van der Waals surface area contributed by atoms with E-state index in [1.165, 1.54) is 24.3 Å². The summed E-state index contributed by atoms with van der Waals surface area (Å²) in [6.45, 7) is -0.349. The van der Waals surface area contributed by atoms with Gasteiger partial charge in [0.15, 0.2) is 11.6 Å². The van der Waals surface area contributed by atoms with Gasteiger partial charge in [-0.05, 0) is 18.2 Å². The van der Waals surface area contributed by atoms with Gasteiger partial charge in [-0.2, -0.15) is 0 Å². The lowest BCUT2D eigenvalue weighted by molar-refractivity contribution is -0.385. The van der Waals surface area contributed by atoms with Crippen molar-refractivity contribution in [3.8, 4) is 0 Å². The maximum absolute atomic E-state index is 13.1. The zero-order chi connectivity index (χ0) is 16.3. The van der Waals surface area contributed by atoms with E-state index in [0.29, 0.717) is 12.1 Å². The van der Waals surface area contributed by atoms with Gasteiger partial charge in [-0.1, -0.05) is 18.2 Å². The number of para-hydroxylation sites is 1. The number of nitro groups is 1. The SMILES string of the molecule is O=[N+]([O-])c1ccccc1CNS(=O)(=O)c1ccc(F)c(F)c1. The van der Waals surface area contributed by atoms with Crippen molar-refractivity contribution < 1.29 is 22.1 Å². The lowest BCUT2D eigenvalue weighted by atomic mass is 10.2. The van der Waals surface area contributed by atoms with Crippen LogP contribution in [0.15, 0.2) is 47.4 Å². The molecule has 0 atom stereocenters. The van der Waals surface area contributed by atoms with Crippen LogP contribution in [0.2, 0.25) is 0 Å². The molecule has 0 aliphatic carbocycles. The lowest BCUT2D eigenvalue weighted by Gasteiger charge is -2.07. The fourth-order valence-corrected chi connectivity index (χ4v) is 2.76. The normalized spacial score (nSPS) is 11.4. The second-order valence-electron chi connectivity index (χ2n) is 4.29. The number of rotatable bonds is 5. The van der Waals surface area contributed by atoms with Gasteiger partial charge in [0.1, 0.15) is 0 Å². The quantitative estimate of drug-likeness (QED) is 0.674. The molecule has 0 fully saturated rings. The Morgan fingerprint density at radius 1 is 1.09 bits per heavy atom. The molecule has 0 aliphatic rings. The third-order valence-corrected chi connectivity index (χ3v) is 4.24. The fourth-order valence-electron chi connectivity index (χ4n) is 1.74. The predicted molar refractivity (Wildman–Crippen MR) is 73.5 cm³/mol. The molecule has 0 saturated carbocycles. The monoisotopic (exact) mass is 328 g/mol. The van der Waals surface area contributed by atoms with Gasteiger partial charge in [-0.3, -0.25) is 10.1 Å². The molecule has 0 bridgehead atoms. The summed E-state index contributed by atoms with van der Waals surface area (Å²) >= 11 is 0. The minimum Gasteiger partial charge on any atom is -0.258 e. The Kier molecular flexibility index (Phi) is 4.48. The van der Waals surface area contributed by atoms with Crippen LogP contribution < -0.4 is 4.72 Å². The number of nitro benzene ring substituents is 1. The molecule has 116 valence electrons. The molecule has 2 aromatic carbocycles. The number of hydrogen-bond donors (Lipinski definition) is 1. The minimum atomic E-state index is -4.12. The first-order chi connectivity index (χ1) is 10.3. The van der Waals surface area contributed by atoms with Crippen LogP contribution in [-0.4, -0.2) is 13.3 Å². The highest BCUT2D eigenvalue weighted by molar-refractivity contribution is 7.89. The van der Waals surface area contributed by atoms with Crippen LogP contribution in [0.1, 0.15) is 5.56 Å². The first-order valence-electron chi connectivity index (χ1n) is 5.98. The Hall–Kier alpha value is -2.39. The largest absolute Gasteiger partial charge is 0.273 e. The van der Waals surface area contributed by atoms with Gasteiger partial charge in [-0.25, -0.2) is 21.9 Å². The molecule has 0 aromatic heterocycles. The van der Waals surface area contributed by atoms with E-state index < -0.39 is 31.5 Å².